The van der Waals surface area contributed by atoms with Crippen LogP contribution in [0, 0.1) is 29.6 Å². The molecule has 0 aliphatic carbocycles. The molecule has 2 fully saturated rings. The molecule has 2 aromatic rings. The number of carbonyl (C=O) groups is 4. The lowest BCUT2D eigenvalue weighted by atomic mass is 9.69. The predicted octanol–water partition coefficient (Wildman–Crippen LogP) is 4.77. The molecular formula is C42H62N2O11. The Morgan fingerprint density at radius 2 is 1.71 bits per heavy atom. The maximum Gasteiger partial charge on any atom is 0.339 e. The highest BCUT2D eigenvalue weighted by molar-refractivity contribution is 6.00. The summed E-state index contributed by atoms with van der Waals surface area (Å²) in [6.07, 6.45) is -2.29. The highest BCUT2D eigenvalue weighted by atomic mass is 16.7. The molecule has 0 saturated carbocycles. The topological polar surface area (TPSA) is 171 Å². The number of hydrogen-bond donors (Lipinski definition) is 2. The van der Waals surface area contributed by atoms with Crippen molar-refractivity contribution in [2.24, 2.45) is 29.6 Å². The SMILES string of the molecule is CC[C@H]1OC(=O)C(C)C(=O)[C@H](C)[C@@H](O[C@@H]2O[C@H](C)C[C@H](N(C)C)[C@H]2O)[C@](C)(OC)C[C@@H](C)C(=O)C(C)[C@@H](CCOC(=O)c2cnc3ccccc3c2)[C@]1(C)O. The van der Waals surface area contributed by atoms with Gasteiger partial charge in [0.2, 0.25) is 0 Å². The maximum absolute atomic E-state index is 14.5. The van der Waals surface area contributed by atoms with E-state index in [1.807, 2.05) is 50.2 Å². The number of ketones is 2. The molecule has 55 heavy (non-hydrogen) atoms. The van der Waals surface area contributed by atoms with E-state index in [2.05, 4.69) is 4.98 Å². The van der Waals surface area contributed by atoms with E-state index in [0.717, 1.165) is 10.9 Å². The number of aliphatic hydroxyl groups excluding tert-OH is 1. The van der Waals surface area contributed by atoms with Crippen LogP contribution in [0.25, 0.3) is 10.9 Å². The van der Waals surface area contributed by atoms with Gasteiger partial charge in [-0.3, -0.25) is 19.4 Å². The average Bonchev–Trinajstić information content (AvgIpc) is 3.15. The number of aromatic nitrogens is 1. The third-order valence-corrected chi connectivity index (χ3v) is 12.1. The number of Topliss-reactive ketones (excluding diaryl/α,β-unsaturated/α-hetero) is 2. The molecule has 2 saturated heterocycles. The summed E-state index contributed by atoms with van der Waals surface area (Å²) in [5.74, 6) is -6.69. The number of likely N-dealkylation sites (N-methyl/N-ethyl adjacent to an activating group) is 1. The smallest absolute Gasteiger partial charge is 0.339 e. The molecule has 4 rings (SSSR count). The molecule has 0 spiro atoms. The molecule has 13 nitrogen and oxygen atoms in total. The average molecular weight is 771 g/mol. The van der Waals surface area contributed by atoms with Gasteiger partial charge in [0.1, 0.15) is 29.5 Å². The number of ether oxygens (including phenoxy) is 5. The van der Waals surface area contributed by atoms with Crippen molar-refractivity contribution >= 4 is 34.4 Å². The standard InChI is InChI=1S/C42H62N2O11/c1-12-33-42(8,50)30(17-18-52-39(49)29-20-28-15-13-14-16-31(28)43-22-29)25(4)34(45)23(2)21-41(7,51-11)37(26(5)35(46)27(6)38(48)54-33)55-40-36(47)32(44(9)10)19-24(3)53-40/h13-16,20,22-27,30,32-33,36-37,40,47,50H,12,17-19,21H2,1-11H3/t23-,24-,25?,26+,27?,30-,32+,33-,36-,37-,40+,41-,42+/m1/s1. The lowest BCUT2D eigenvalue weighted by Crippen LogP contribution is -2.59. The molecule has 306 valence electrons. The first-order valence-electron chi connectivity index (χ1n) is 19.5. The van der Waals surface area contributed by atoms with Crippen LogP contribution in [0.15, 0.2) is 36.5 Å². The van der Waals surface area contributed by atoms with Crippen LogP contribution in [-0.4, -0.2) is 119 Å². The Labute approximate surface area is 325 Å². The van der Waals surface area contributed by atoms with Crippen molar-refractivity contribution in [3.05, 3.63) is 42.1 Å². The number of hydrogen-bond acceptors (Lipinski definition) is 13. The van der Waals surface area contributed by atoms with Crippen molar-refractivity contribution in [2.75, 3.05) is 27.8 Å². The summed E-state index contributed by atoms with van der Waals surface area (Å²) in [6.45, 7) is 13.3. The Morgan fingerprint density at radius 3 is 2.35 bits per heavy atom. The van der Waals surface area contributed by atoms with E-state index < -0.39 is 83.1 Å². The third kappa shape index (κ3) is 9.80. The number of rotatable bonds is 9. The molecule has 2 aliphatic rings. The van der Waals surface area contributed by atoms with Crippen molar-refractivity contribution in [1.29, 1.82) is 0 Å². The van der Waals surface area contributed by atoms with Crippen molar-refractivity contribution < 1.29 is 53.1 Å². The monoisotopic (exact) mass is 770 g/mol. The summed E-state index contributed by atoms with van der Waals surface area (Å²) < 4.78 is 30.4. The summed E-state index contributed by atoms with van der Waals surface area (Å²) in [5, 5.41) is 24.4. The summed E-state index contributed by atoms with van der Waals surface area (Å²) >= 11 is 0. The lowest BCUT2D eigenvalue weighted by Gasteiger charge is -2.47. The first-order valence-corrected chi connectivity index (χ1v) is 19.5. The van der Waals surface area contributed by atoms with Crippen molar-refractivity contribution in [3.8, 4) is 0 Å². The van der Waals surface area contributed by atoms with Crippen LogP contribution in [-0.2, 0) is 38.1 Å². The first-order chi connectivity index (χ1) is 25.8. The van der Waals surface area contributed by atoms with E-state index in [0.29, 0.717) is 6.42 Å². The summed E-state index contributed by atoms with van der Waals surface area (Å²) in [4.78, 5) is 61.8. The van der Waals surface area contributed by atoms with Crippen molar-refractivity contribution in [3.63, 3.8) is 0 Å². The molecule has 3 heterocycles. The third-order valence-electron chi connectivity index (χ3n) is 12.1. The summed E-state index contributed by atoms with van der Waals surface area (Å²) in [5.41, 5.74) is -2.06. The van der Waals surface area contributed by atoms with E-state index in [4.69, 9.17) is 23.7 Å². The normalized spacial score (nSPS) is 37.1. The van der Waals surface area contributed by atoms with Crippen LogP contribution < -0.4 is 0 Å². The van der Waals surface area contributed by atoms with Gasteiger partial charge in [-0.05, 0) is 79.6 Å². The van der Waals surface area contributed by atoms with Crippen molar-refractivity contribution in [2.45, 2.75) is 129 Å². The van der Waals surface area contributed by atoms with Crippen molar-refractivity contribution in [1.82, 2.24) is 9.88 Å². The number of carbonyl (C=O) groups excluding carboxylic acids is 4. The molecular weight excluding hydrogens is 708 g/mol. The lowest BCUT2D eigenvalue weighted by molar-refractivity contribution is -0.295. The number of nitrogens with zero attached hydrogens (tertiary/aromatic N) is 2. The van der Waals surface area contributed by atoms with E-state index in [-0.39, 0.29) is 49.4 Å². The summed E-state index contributed by atoms with van der Waals surface area (Å²) in [6, 6.07) is 8.79. The van der Waals surface area contributed by atoms with Gasteiger partial charge in [-0.25, -0.2) is 4.79 Å². The Bertz CT molecular complexity index is 1660. The fraction of sp³-hybridized carbons (Fsp3) is 0.690. The zero-order valence-electron chi connectivity index (χ0n) is 34.3. The largest absolute Gasteiger partial charge is 0.462 e. The quantitative estimate of drug-likeness (QED) is 0.264. The Morgan fingerprint density at radius 1 is 1.04 bits per heavy atom. The highest BCUT2D eigenvalue weighted by Gasteiger charge is 2.52. The minimum atomic E-state index is -1.76. The Hall–Kier alpha value is -3.33. The van der Waals surface area contributed by atoms with Gasteiger partial charge >= 0.3 is 11.9 Å². The number of pyridine rings is 1. The summed E-state index contributed by atoms with van der Waals surface area (Å²) in [7, 11) is 5.19. The molecule has 1 aromatic heterocycles. The van der Waals surface area contributed by atoms with Gasteiger partial charge in [0.05, 0.1) is 35.5 Å². The van der Waals surface area contributed by atoms with E-state index in [1.54, 1.807) is 40.7 Å². The maximum atomic E-state index is 14.5. The van der Waals surface area contributed by atoms with Crippen LogP contribution in [0.4, 0.5) is 0 Å². The van der Waals surface area contributed by atoms with E-state index >= 15 is 0 Å². The molecule has 0 amide bonds. The number of esters is 2. The molecule has 0 bridgehead atoms. The second kappa shape index (κ2) is 18.3. The molecule has 2 N–H and O–H groups in total. The molecule has 2 aliphatic heterocycles. The van der Waals surface area contributed by atoms with Gasteiger partial charge in [-0.2, -0.15) is 0 Å². The van der Waals surface area contributed by atoms with E-state index in [9.17, 15) is 29.4 Å². The fourth-order valence-corrected chi connectivity index (χ4v) is 8.61. The number of cyclic esters (lactones) is 1. The van der Waals surface area contributed by atoms with Crippen LogP contribution in [0.2, 0.25) is 0 Å². The minimum absolute atomic E-state index is 0.0638. The van der Waals surface area contributed by atoms with Gasteiger partial charge < -0.3 is 38.8 Å². The zero-order chi connectivity index (χ0) is 41.0. The molecule has 13 heteroatoms. The Balaban J connectivity index is 1.68. The van der Waals surface area contributed by atoms with Gasteiger partial charge in [0.25, 0.3) is 0 Å². The number of para-hydroxylation sites is 1. The number of benzene rings is 1. The van der Waals surface area contributed by atoms with Gasteiger partial charge in [0, 0.05) is 48.4 Å². The Kier molecular flexibility index (Phi) is 14.8. The van der Waals surface area contributed by atoms with Crippen LogP contribution in [0.3, 0.4) is 0 Å². The molecule has 1 aromatic carbocycles. The van der Waals surface area contributed by atoms with Crippen LogP contribution in [0.1, 0.15) is 91.4 Å². The molecule has 0 radical (unpaired) electrons. The second-order valence-electron chi connectivity index (χ2n) is 16.4. The highest BCUT2D eigenvalue weighted by Crippen LogP contribution is 2.40. The van der Waals surface area contributed by atoms with Gasteiger partial charge in [-0.1, -0.05) is 45.9 Å². The minimum Gasteiger partial charge on any atom is -0.462 e. The fourth-order valence-electron chi connectivity index (χ4n) is 8.61. The van der Waals surface area contributed by atoms with E-state index in [1.165, 1.54) is 27.2 Å². The first kappa shape index (κ1) is 44.4. The molecule has 2 unspecified atom stereocenters. The van der Waals surface area contributed by atoms with Gasteiger partial charge in [0.15, 0.2) is 12.1 Å². The van der Waals surface area contributed by atoms with Gasteiger partial charge in [-0.15, -0.1) is 0 Å². The van der Waals surface area contributed by atoms with Crippen LogP contribution in [0.5, 0.6) is 0 Å². The van der Waals surface area contributed by atoms with Crippen LogP contribution >= 0.6 is 0 Å². The zero-order valence-corrected chi connectivity index (χ0v) is 34.3. The number of fused-ring (bicyclic) bond motifs is 1. The number of methoxy groups -OCH3 is 1. The predicted molar refractivity (Wildman–Crippen MR) is 205 cm³/mol. The second-order valence-corrected chi connectivity index (χ2v) is 16.4. The molecule has 13 atom stereocenters. The number of aliphatic hydroxyl groups is 2.